The molecule has 0 heterocycles. The second kappa shape index (κ2) is 14.9. The number of nitrogens with one attached hydrogen (secondary N) is 1. The zero-order valence-electron chi connectivity index (χ0n) is 22.9. The van der Waals surface area contributed by atoms with Crippen molar-refractivity contribution in [3.63, 3.8) is 0 Å². The Hall–Kier alpha value is -4.91. The van der Waals surface area contributed by atoms with Gasteiger partial charge in [-0.05, 0) is 85.6 Å². The van der Waals surface area contributed by atoms with E-state index in [0.717, 1.165) is 6.08 Å². The molecule has 0 aliphatic rings. The van der Waals surface area contributed by atoms with E-state index < -0.39 is 11.9 Å². The second-order valence-corrected chi connectivity index (χ2v) is 9.08. The Balaban J connectivity index is 0.000000330. The van der Waals surface area contributed by atoms with E-state index in [1.165, 1.54) is 16.3 Å². The quantitative estimate of drug-likeness (QED) is 0.116. The topological polar surface area (TPSA) is 90.9 Å². The van der Waals surface area contributed by atoms with E-state index in [4.69, 9.17) is 14.2 Å². The Labute approximate surface area is 234 Å². The number of hydrogen-bond donors (Lipinski definition) is 1. The van der Waals surface area contributed by atoms with Gasteiger partial charge in [-0.15, -0.1) is 0 Å². The summed E-state index contributed by atoms with van der Waals surface area (Å²) in [7, 11) is 0. The largest absolute Gasteiger partial charge is 0.490 e. The van der Waals surface area contributed by atoms with Crippen molar-refractivity contribution in [1.82, 2.24) is 5.32 Å². The molecule has 0 spiro atoms. The lowest BCUT2D eigenvalue weighted by atomic mass is 10.1. The lowest BCUT2D eigenvalue weighted by molar-refractivity contribution is -0.138. The van der Waals surface area contributed by atoms with Gasteiger partial charge in [0.15, 0.2) is 0 Å². The van der Waals surface area contributed by atoms with E-state index in [2.05, 4.69) is 61.3 Å². The first-order chi connectivity index (χ1) is 19.3. The third kappa shape index (κ3) is 9.13. The van der Waals surface area contributed by atoms with Gasteiger partial charge < -0.3 is 19.5 Å². The first kappa shape index (κ1) is 29.6. The predicted molar refractivity (Wildman–Crippen MR) is 156 cm³/mol. The number of aryl methyl sites for hydroxylation is 1. The average molecular weight is 540 g/mol. The summed E-state index contributed by atoms with van der Waals surface area (Å²) in [4.78, 5) is 35.1. The van der Waals surface area contributed by atoms with Crippen LogP contribution in [0.5, 0.6) is 11.5 Å². The molecule has 0 aliphatic carbocycles. The number of esters is 2. The van der Waals surface area contributed by atoms with Crippen LogP contribution in [0.2, 0.25) is 0 Å². The van der Waals surface area contributed by atoms with Gasteiger partial charge in [-0.1, -0.05) is 49.0 Å². The van der Waals surface area contributed by atoms with Crippen molar-refractivity contribution in [3.8, 4) is 11.5 Å². The number of carbonyl (C=O) groups excluding carboxylic acids is 3. The van der Waals surface area contributed by atoms with E-state index in [1.54, 1.807) is 48.5 Å². The zero-order chi connectivity index (χ0) is 28.9. The van der Waals surface area contributed by atoms with Gasteiger partial charge in [-0.25, -0.2) is 9.59 Å². The van der Waals surface area contributed by atoms with Gasteiger partial charge in [0.25, 0.3) is 5.91 Å². The van der Waals surface area contributed by atoms with Crippen LogP contribution in [0, 0.1) is 6.92 Å². The van der Waals surface area contributed by atoms with Crippen LogP contribution in [0.25, 0.3) is 10.8 Å². The van der Waals surface area contributed by atoms with Crippen molar-refractivity contribution < 1.29 is 28.6 Å². The van der Waals surface area contributed by atoms with Crippen LogP contribution in [0.1, 0.15) is 40.1 Å². The molecule has 0 aliphatic heterocycles. The van der Waals surface area contributed by atoms with Crippen LogP contribution < -0.4 is 14.8 Å². The van der Waals surface area contributed by atoms with Gasteiger partial charge in [-0.3, -0.25) is 4.79 Å². The van der Waals surface area contributed by atoms with Crippen LogP contribution in [0.15, 0.2) is 104 Å². The fraction of sp³-hybridized carbons (Fsp3) is 0.182. The van der Waals surface area contributed by atoms with Crippen LogP contribution in [-0.2, 0) is 9.53 Å². The van der Waals surface area contributed by atoms with Gasteiger partial charge in [0.2, 0.25) is 0 Å². The number of ether oxygens (including phenoxy) is 3. The summed E-state index contributed by atoms with van der Waals surface area (Å²) in [5.41, 5.74) is 2.18. The zero-order valence-corrected chi connectivity index (χ0v) is 22.9. The van der Waals surface area contributed by atoms with E-state index in [0.29, 0.717) is 22.6 Å². The van der Waals surface area contributed by atoms with Gasteiger partial charge >= 0.3 is 11.9 Å². The molecule has 0 fully saturated rings. The smallest absolute Gasteiger partial charge is 0.343 e. The minimum Gasteiger partial charge on any atom is -0.490 e. The summed E-state index contributed by atoms with van der Waals surface area (Å²) in [5.74, 6) is -0.374. The maximum atomic E-state index is 12.2. The maximum Gasteiger partial charge on any atom is 0.343 e. The molecule has 0 radical (unpaired) electrons. The highest BCUT2D eigenvalue weighted by atomic mass is 16.6. The van der Waals surface area contributed by atoms with Gasteiger partial charge in [-0.2, -0.15) is 0 Å². The summed E-state index contributed by atoms with van der Waals surface area (Å²) >= 11 is 0. The van der Waals surface area contributed by atoms with Crippen molar-refractivity contribution in [1.29, 1.82) is 0 Å². The first-order valence-corrected chi connectivity index (χ1v) is 12.9. The third-order valence-electron chi connectivity index (χ3n) is 5.61. The summed E-state index contributed by atoms with van der Waals surface area (Å²) in [6, 6.07) is 27.5. The number of hydrogen-bond acceptors (Lipinski definition) is 6. The molecular weight excluding hydrogens is 506 g/mol. The molecule has 0 aromatic heterocycles. The number of fused-ring (bicyclic) bond motifs is 1. The summed E-state index contributed by atoms with van der Waals surface area (Å²) in [6.45, 7) is 9.47. The number of carbonyl (C=O) groups is 3. The fourth-order valence-corrected chi connectivity index (χ4v) is 3.62. The molecule has 40 heavy (non-hydrogen) atoms. The Morgan fingerprint density at radius 2 is 1.43 bits per heavy atom. The van der Waals surface area contributed by atoms with E-state index in [9.17, 15) is 14.4 Å². The summed E-state index contributed by atoms with van der Waals surface area (Å²) in [6.07, 6.45) is 1.08. The Kier molecular flexibility index (Phi) is 11.0. The first-order valence-electron chi connectivity index (χ1n) is 12.9. The minimum atomic E-state index is -0.532. The second-order valence-electron chi connectivity index (χ2n) is 9.08. The Morgan fingerprint density at radius 3 is 2.08 bits per heavy atom. The van der Waals surface area contributed by atoms with Crippen molar-refractivity contribution in [2.75, 3.05) is 13.2 Å². The predicted octanol–water partition coefficient (Wildman–Crippen LogP) is 6.30. The molecule has 7 nitrogen and oxygen atoms in total. The maximum absolute atomic E-state index is 12.2. The van der Waals surface area contributed by atoms with Crippen molar-refractivity contribution in [3.05, 3.63) is 120 Å². The molecule has 4 rings (SSSR count). The van der Waals surface area contributed by atoms with Crippen LogP contribution in [-0.4, -0.2) is 37.1 Å². The normalized spacial score (nSPS) is 10.2. The molecule has 0 atom stereocenters. The lowest BCUT2D eigenvalue weighted by Gasteiger charge is -2.09. The average Bonchev–Trinajstić information content (AvgIpc) is 2.96. The van der Waals surface area contributed by atoms with E-state index in [-0.39, 0.29) is 25.2 Å². The lowest BCUT2D eigenvalue weighted by Crippen LogP contribution is -2.29. The highest BCUT2D eigenvalue weighted by Crippen LogP contribution is 2.18. The minimum absolute atomic E-state index is 0.0362. The molecule has 0 unspecified atom stereocenters. The Bertz CT molecular complexity index is 1440. The monoisotopic (exact) mass is 539 g/mol. The van der Waals surface area contributed by atoms with Crippen molar-refractivity contribution in [2.24, 2.45) is 0 Å². The number of benzene rings is 4. The van der Waals surface area contributed by atoms with E-state index >= 15 is 0 Å². The number of amides is 1. The van der Waals surface area contributed by atoms with Crippen molar-refractivity contribution in [2.45, 2.75) is 26.8 Å². The third-order valence-corrected chi connectivity index (χ3v) is 5.61. The standard InChI is InChI=1S/C22H23NO6.C11H10/c1-4-20(24)28-14-13-27-18-9-7-17(8-10-18)22(26)29-19-11-5-16(6-12-19)21(25)23-15(2)3;1-9-5-4-7-10-6-2-3-8-11(9)10/h4-12,15H,1,13-14H2,2-3H3,(H,23,25);2-8H,1H3. The molecule has 0 saturated carbocycles. The van der Waals surface area contributed by atoms with Crippen LogP contribution in [0.3, 0.4) is 0 Å². The fourth-order valence-electron chi connectivity index (χ4n) is 3.62. The molecule has 0 saturated heterocycles. The molecule has 206 valence electrons. The molecular formula is C33H33NO6. The summed E-state index contributed by atoms with van der Waals surface area (Å²) < 4.78 is 15.5. The van der Waals surface area contributed by atoms with Crippen molar-refractivity contribution >= 4 is 28.6 Å². The molecule has 0 bridgehead atoms. The molecule has 4 aromatic rings. The molecule has 7 heteroatoms. The molecule has 1 N–H and O–H groups in total. The summed E-state index contributed by atoms with van der Waals surface area (Å²) in [5, 5.41) is 5.47. The van der Waals surface area contributed by atoms with Crippen LogP contribution in [0.4, 0.5) is 0 Å². The SMILES string of the molecule is C=CC(=O)OCCOc1ccc(C(=O)Oc2ccc(C(=O)NC(C)C)cc2)cc1.Cc1cccc2ccccc12. The molecule has 4 aromatic carbocycles. The van der Waals surface area contributed by atoms with Gasteiger partial charge in [0, 0.05) is 17.7 Å². The van der Waals surface area contributed by atoms with Gasteiger partial charge in [0.05, 0.1) is 5.56 Å². The number of rotatable bonds is 9. The molecule has 1 amide bonds. The highest BCUT2D eigenvalue weighted by molar-refractivity contribution is 5.95. The Morgan fingerprint density at radius 1 is 0.800 bits per heavy atom. The van der Waals surface area contributed by atoms with Gasteiger partial charge in [0.1, 0.15) is 24.7 Å². The van der Waals surface area contributed by atoms with E-state index in [1.807, 2.05) is 13.8 Å². The van der Waals surface area contributed by atoms with Crippen LogP contribution >= 0.6 is 0 Å². The highest BCUT2D eigenvalue weighted by Gasteiger charge is 2.11.